The van der Waals surface area contributed by atoms with E-state index in [0.29, 0.717) is 18.2 Å². The van der Waals surface area contributed by atoms with Gasteiger partial charge in [0.05, 0.1) is 4.92 Å². The fourth-order valence-corrected chi connectivity index (χ4v) is 1.41. The highest BCUT2D eigenvalue weighted by atomic mass is 35.5. The van der Waals surface area contributed by atoms with Gasteiger partial charge in [0, 0.05) is 19.3 Å². The summed E-state index contributed by atoms with van der Waals surface area (Å²) < 4.78 is 0. The minimum absolute atomic E-state index is 0.118. The Morgan fingerprint density at radius 2 is 2.41 bits per heavy atom. The smallest absolute Gasteiger partial charge is 0.274 e. The zero-order chi connectivity index (χ0) is 12.8. The lowest BCUT2D eigenvalue weighted by Gasteiger charge is -2.21. The van der Waals surface area contributed by atoms with Gasteiger partial charge in [-0.1, -0.05) is 17.7 Å². The van der Waals surface area contributed by atoms with Crippen LogP contribution >= 0.6 is 11.6 Å². The van der Waals surface area contributed by atoms with Crippen LogP contribution in [0.3, 0.4) is 0 Å². The van der Waals surface area contributed by atoms with Gasteiger partial charge < -0.3 is 10.6 Å². The average molecular weight is 257 g/mol. The third-order valence-electron chi connectivity index (χ3n) is 2.15. The van der Waals surface area contributed by atoms with E-state index in [0.717, 1.165) is 11.8 Å². The highest BCUT2D eigenvalue weighted by molar-refractivity contribution is 6.29. The number of nitrogens with two attached hydrogens (primary N) is 1. The van der Waals surface area contributed by atoms with Crippen LogP contribution in [0.15, 0.2) is 30.4 Å². The highest BCUT2D eigenvalue weighted by Crippen LogP contribution is 2.09. The molecule has 0 aromatic carbocycles. The van der Waals surface area contributed by atoms with Crippen LogP contribution in [0.25, 0.3) is 0 Å². The Bertz CT molecular complexity index is 419. The molecule has 0 saturated heterocycles. The Kier molecular flexibility index (Phi) is 4.71. The number of halogens is 1. The lowest BCUT2D eigenvalue weighted by molar-refractivity contribution is -0.404. The molecular weight excluding hydrogens is 244 g/mol. The summed E-state index contributed by atoms with van der Waals surface area (Å²) in [6.07, 6.45) is 2.40. The van der Waals surface area contributed by atoms with Gasteiger partial charge in [-0.2, -0.15) is 0 Å². The van der Waals surface area contributed by atoms with Crippen LogP contribution < -0.4 is 5.73 Å². The monoisotopic (exact) mass is 256 g/mol. The number of hydrogen-bond acceptors (Lipinski definition) is 5. The summed E-state index contributed by atoms with van der Waals surface area (Å²) in [7, 11) is 0. The molecule has 0 aliphatic heterocycles. The molecule has 1 rings (SSSR count). The fraction of sp³-hybridized carbons (Fsp3) is 0.300. The molecule has 1 heterocycles. The Hall–Kier alpha value is -1.82. The Balaban J connectivity index is 2.76. The van der Waals surface area contributed by atoms with Gasteiger partial charge in [0.1, 0.15) is 5.15 Å². The maximum atomic E-state index is 10.3. The third kappa shape index (κ3) is 4.28. The van der Waals surface area contributed by atoms with E-state index in [4.69, 9.17) is 17.3 Å². The predicted octanol–water partition coefficient (Wildman–Crippen LogP) is 1.59. The van der Waals surface area contributed by atoms with E-state index in [-0.39, 0.29) is 5.82 Å². The van der Waals surface area contributed by atoms with E-state index >= 15 is 0 Å². The molecule has 0 bridgehead atoms. The van der Waals surface area contributed by atoms with Crippen molar-refractivity contribution in [2.24, 2.45) is 5.73 Å². The molecule has 0 saturated carbocycles. The van der Waals surface area contributed by atoms with Crippen molar-refractivity contribution in [1.82, 2.24) is 9.88 Å². The van der Waals surface area contributed by atoms with Gasteiger partial charge in [0.15, 0.2) is 5.82 Å². The summed E-state index contributed by atoms with van der Waals surface area (Å²) in [5.41, 5.74) is 6.49. The Morgan fingerprint density at radius 3 is 2.88 bits per heavy atom. The van der Waals surface area contributed by atoms with Crippen LogP contribution in [0.1, 0.15) is 12.5 Å². The molecule has 0 atom stereocenters. The van der Waals surface area contributed by atoms with Gasteiger partial charge >= 0.3 is 0 Å². The van der Waals surface area contributed by atoms with Crippen LogP contribution in [0.2, 0.25) is 5.15 Å². The molecule has 0 radical (unpaired) electrons. The molecule has 17 heavy (non-hydrogen) atoms. The first-order chi connectivity index (χ1) is 8.02. The van der Waals surface area contributed by atoms with Crippen molar-refractivity contribution >= 4 is 11.6 Å². The van der Waals surface area contributed by atoms with E-state index in [1.54, 1.807) is 23.2 Å². The van der Waals surface area contributed by atoms with Crippen LogP contribution in [0.4, 0.5) is 0 Å². The quantitative estimate of drug-likeness (QED) is 0.491. The summed E-state index contributed by atoms with van der Waals surface area (Å²) in [6, 6.07) is 3.47. The first-order valence-corrected chi connectivity index (χ1v) is 5.37. The van der Waals surface area contributed by atoms with Crippen molar-refractivity contribution in [2.75, 3.05) is 6.54 Å². The van der Waals surface area contributed by atoms with Crippen molar-refractivity contribution in [1.29, 1.82) is 0 Å². The van der Waals surface area contributed by atoms with E-state index in [9.17, 15) is 10.1 Å². The van der Waals surface area contributed by atoms with Gasteiger partial charge in [0.2, 0.25) is 0 Å². The second-order valence-corrected chi connectivity index (χ2v) is 3.73. The van der Waals surface area contributed by atoms with Gasteiger partial charge in [-0.15, -0.1) is 0 Å². The minimum Gasteiger partial charge on any atom is -0.380 e. The van der Waals surface area contributed by atoms with E-state index in [2.05, 4.69) is 4.98 Å². The molecule has 2 N–H and O–H groups in total. The van der Waals surface area contributed by atoms with Gasteiger partial charge in [-0.05, 0) is 18.6 Å². The predicted molar refractivity (Wildman–Crippen MR) is 64.6 cm³/mol. The van der Waals surface area contributed by atoms with Crippen molar-refractivity contribution in [3.05, 3.63) is 51.2 Å². The van der Waals surface area contributed by atoms with Crippen LogP contribution in [-0.2, 0) is 6.54 Å². The summed E-state index contributed by atoms with van der Waals surface area (Å²) in [6.45, 7) is 2.89. The summed E-state index contributed by atoms with van der Waals surface area (Å²) in [4.78, 5) is 15.4. The third-order valence-corrected chi connectivity index (χ3v) is 2.37. The fourth-order valence-electron chi connectivity index (χ4n) is 1.30. The second-order valence-electron chi connectivity index (χ2n) is 3.34. The molecule has 0 amide bonds. The zero-order valence-electron chi connectivity index (χ0n) is 9.34. The van der Waals surface area contributed by atoms with E-state index < -0.39 is 4.92 Å². The van der Waals surface area contributed by atoms with E-state index in [1.807, 2.05) is 6.92 Å². The number of rotatable bonds is 5. The van der Waals surface area contributed by atoms with Gasteiger partial charge in [-0.3, -0.25) is 10.1 Å². The van der Waals surface area contributed by atoms with Crippen molar-refractivity contribution in [3.8, 4) is 0 Å². The maximum Gasteiger partial charge on any atom is 0.274 e. The molecule has 6 nitrogen and oxygen atoms in total. The largest absolute Gasteiger partial charge is 0.380 e. The maximum absolute atomic E-state index is 10.3. The number of nitro groups is 1. The number of aromatic nitrogens is 1. The molecule has 0 aliphatic rings. The number of pyridine rings is 1. The van der Waals surface area contributed by atoms with Gasteiger partial charge in [0.25, 0.3) is 6.20 Å². The SMILES string of the molecule is CCN(Cc1ccc(Cl)nc1)/C(N)=C/[N+](=O)[O-]. The molecule has 1 aromatic heterocycles. The van der Waals surface area contributed by atoms with Gasteiger partial charge in [-0.25, -0.2) is 4.98 Å². The molecule has 1 aromatic rings. The molecular formula is C10H13ClN4O2. The average Bonchev–Trinajstić information content (AvgIpc) is 2.27. The van der Waals surface area contributed by atoms with Crippen LogP contribution in [0.5, 0.6) is 0 Å². The molecule has 7 heteroatoms. The normalized spacial score (nSPS) is 11.3. The van der Waals surface area contributed by atoms with Crippen LogP contribution in [-0.4, -0.2) is 21.4 Å². The number of hydrogen-bond donors (Lipinski definition) is 1. The minimum atomic E-state index is -0.571. The topological polar surface area (TPSA) is 85.3 Å². The summed E-state index contributed by atoms with van der Waals surface area (Å²) >= 11 is 5.66. The Morgan fingerprint density at radius 1 is 1.71 bits per heavy atom. The summed E-state index contributed by atoms with van der Waals surface area (Å²) in [5.74, 6) is 0.118. The molecule has 92 valence electrons. The standard InChI is InChI=1S/C10H13ClN4O2/c1-2-14(10(12)7-15(16)17)6-8-3-4-9(11)13-5-8/h3-5,7H,2,6,12H2,1H3/b10-7+. The zero-order valence-corrected chi connectivity index (χ0v) is 10.1. The first kappa shape index (κ1) is 13.2. The molecule has 0 unspecified atom stereocenters. The molecule has 0 aliphatic carbocycles. The lowest BCUT2D eigenvalue weighted by atomic mass is 10.2. The second kappa shape index (κ2) is 6.05. The number of nitrogens with zero attached hydrogens (tertiary/aromatic N) is 3. The van der Waals surface area contributed by atoms with Crippen molar-refractivity contribution in [3.63, 3.8) is 0 Å². The molecule has 0 spiro atoms. The van der Waals surface area contributed by atoms with E-state index in [1.165, 1.54) is 0 Å². The van der Waals surface area contributed by atoms with Crippen molar-refractivity contribution < 1.29 is 4.92 Å². The van der Waals surface area contributed by atoms with Crippen molar-refractivity contribution in [2.45, 2.75) is 13.5 Å². The van der Waals surface area contributed by atoms with Crippen LogP contribution in [0, 0.1) is 10.1 Å². The highest BCUT2D eigenvalue weighted by Gasteiger charge is 2.08. The lowest BCUT2D eigenvalue weighted by Crippen LogP contribution is -2.28. The molecule has 0 fully saturated rings. The first-order valence-electron chi connectivity index (χ1n) is 4.99. The summed E-state index contributed by atoms with van der Waals surface area (Å²) in [5, 5.41) is 10.7. The Labute approximate surface area is 104 Å².